The van der Waals surface area contributed by atoms with Gasteiger partial charge in [-0.05, 0) is 42.7 Å². The van der Waals surface area contributed by atoms with Crippen molar-refractivity contribution >= 4 is 35.6 Å². The molecule has 5 nitrogen and oxygen atoms in total. The minimum Gasteiger partial charge on any atom is -0.496 e. The van der Waals surface area contributed by atoms with E-state index in [-0.39, 0.29) is 24.0 Å². The van der Waals surface area contributed by atoms with E-state index in [9.17, 15) is 0 Å². The normalized spacial score (nSPS) is 10.7. The van der Waals surface area contributed by atoms with Crippen LogP contribution in [0, 0.1) is 6.92 Å². The standard InChI is InChI=1S/C18H23N3O2.HI/c1-13-8-9-14(12-17(13)23-3)10-11-20-18(19)21-15-6-4-5-7-16(15)22-2;/h4-9,12H,10-11H2,1-3H3,(H3,19,20,21);1H. The van der Waals surface area contributed by atoms with Crippen LogP contribution in [0.4, 0.5) is 5.69 Å². The molecule has 0 bridgehead atoms. The van der Waals surface area contributed by atoms with Crippen LogP contribution in [0.5, 0.6) is 11.5 Å². The summed E-state index contributed by atoms with van der Waals surface area (Å²) >= 11 is 0. The van der Waals surface area contributed by atoms with Crippen molar-refractivity contribution in [2.45, 2.75) is 13.3 Å². The molecule has 2 aromatic rings. The molecule has 2 rings (SSSR count). The number of halogens is 1. The number of ether oxygens (including phenoxy) is 2. The number of para-hydroxylation sites is 2. The summed E-state index contributed by atoms with van der Waals surface area (Å²) in [5.74, 6) is 1.99. The number of aryl methyl sites for hydroxylation is 1. The second kappa shape index (κ2) is 10.0. The Kier molecular flexibility index (Phi) is 8.39. The third kappa shape index (κ3) is 5.59. The lowest BCUT2D eigenvalue weighted by Crippen LogP contribution is -2.23. The Morgan fingerprint density at radius 1 is 1.08 bits per heavy atom. The topological polar surface area (TPSA) is 68.9 Å². The number of hydrogen-bond donors (Lipinski definition) is 2. The minimum absolute atomic E-state index is 0. The summed E-state index contributed by atoms with van der Waals surface area (Å²) in [4.78, 5) is 4.35. The first-order valence-electron chi connectivity index (χ1n) is 7.47. The summed E-state index contributed by atoms with van der Waals surface area (Å²) < 4.78 is 10.6. The van der Waals surface area contributed by atoms with E-state index in [1.165, 1.54) is 5.56 Å². The third-order valence-electron chi connectivity index (χ3n) is 3.52. The summed E-state index contributed by atoms with van der Waals surface area (Å²) in [6, 6.07) is 13.7. The van der Waals surface area contributed by atoms with E-state index < -0.39 is 0 Å². The molecule has 24 heavy (non-hydrogen) atoms. The van der Waals surface area contributed by atoms with Crippen molar-refractivity contribution in [3.63, 3.8) is 0 Å². The lowest BCUT2D eigenvalue weighted by Gasteiger charge is -2.10. The second-order valence-electron chi connectivity index (χ2n) is 5.15. The van der Waals surface area contributed by atoms with Crippen molar-refractivity contribution in [3.8, 4) is 11.5 Å². The molecule has 0 spiro atoms. The predicted octanol–water partition coefficient (Wildman–Crippen LogP) is 3.60. The Bertz CT molecular complexity index is 690. The summed E-state index contributed by atoms with van der Waals surface area (Å²) in [5, 5.41) is 3.06. The van der Waals surface area contributed by atoms with Crippen LogP contribution in [0.1, 0.15) is 11.1 Å². The van der Waals surface area contributed by atoms with Crippen LogP contribution in [0.25, 0.3) is 0 Å². The average Bonchev–Trinajstić information content (AvgIpc) is 2.57. The Balaban J connectivity index is 0.00000288. The molecular formula is C18H24IN3O2. The van der Waals surface area contributed by atoms with E-state index in [0.29, 0.717) is 12.5 Å². The van der Waals surface area contributed by atoms with Gasteiger partial charge in [0.15, 0.2) is 5.96 Å². The molecule has 0 fully saturated rings. The Hall–Kier alpha value is -1.96. The van der Waals surface area contributed by atoms with Gasteiger partial charge < -0.3 is 20.5 Å². The van der Waals surface area contributed by atoms with Gasteiger partial charge >= 0.3 is 0 Å². The molecule has 6 heteroatoms. The fourth-order valence-corrected chi connectivity index (χ4v) is 2.25. The Morgan fingerprint density at radius 2 is 1.79 bits per heavy atom. The summed E-state index contributed by atoms with van der Waals surface area (Å²) in [7, 11) is 3.30. The SMILES string of the molecule is COc1cc(CCN=C(N)Nc2ccccc2OC)ccc1C.I. The molecule has 130 valence electrons. The van der Waals surface area contributed by atoms with Crippen molar-refractivity contribution < 1.29 is 9.47 Å². The van der Waals surface area contributed by atoms with Crippen molar-refractivity contribution in [3.05, 3.63) is 53.6 Å². The average molecular weight is 441 g/mol. The number of methoxy groups -OCH3 is 2. The van der Waals surface area contributed by atoms with Crippen LogP contribution < -0.4 is 20.5 Å². The number of nitrogens with two attached hydrogens (primary N) is 1. The fourth-order valence-electron chi connectivity index (χ4n) is 2.25. The van der Waals surface area contributed by atoms with Crippen LogP contribution in [-0.4, -0.2) is 26.7 Å². The maximum Gasteiger partial charge on any atom is 0.193 e. The molecule has 0 amide bonds. The number of hydrogen-bond acceptors (Lipinski definition) is 3. The van der Waals surface area contributed by atoms with Crippen LogP contribution in [0.15, 0.2) is 47.5 Å². The molecule has 0 saturated heterocycles. The van der Waals surface area contributed by atoms with Gasteiger partial charge in [-0.15, -0.1) is 24.0 Å². The zero-order valence-electron chi connectivity index (χ0n) is 14.2. The fraction of sp³-hybridized carbons (Fsp3) is 0.278. The van der Waals surface area contributed by atoms with E-state index >= 15 is 0 Å². The van der Waals surface area contributed by atoms with E-state index in [2.05, 4.69) is 16.4 Å². The van der Waals surface area contributed by atoms with Crippen LogP contribution in [0.2, 0.25) is 0 Å². The smallest absolute Gasteiger partial charge is 0.193 e. The molecule has 0 aliphatic rings. The van der Waals surface area contributed by atoms with Crippen molar-refractivity contribution in [1.29, 1.82) is 0 Å². The van der Waals surface area contributed by atoms with Gasteiger partial charge in [-0.1, -0.05) is 24.3 Å². The molecule has 0 saturated carbocycles. The molecule has 3 N–H and O–H groups in total. The predicted molar refractivity (Wildman–Crippen MR) is 110 cm³/mol. The molecule has 0 aliphatic carbocycles. The van der Waals surface area contributed by atoms with Gasteiger partial charge in [0.1, 0.15) is 11.5 Å². The van der Waals surface area contributed by atoms with E-state index in [1.807, 2.05) is 43.3 Å². The van der Waals surface area contributed by atoms with Crippen LogP contribution in [-0.2, 0) is 6.42 Å². The third-order valence-corrected chi connectivity index (χ3v) is 3.52. The van der Waals surface area contributed by atoms with Gasteiger partial charge in [0.25, 0.3) is 0 Å². The van der Waals surface area contributed by atoms with E-state index in [1.54, 1.807) is 14.2 Å². The summed E-state index contributed by atoms with van der Waals surface area (Å²) in [6.07, 6.45) is 0.797. The van der Waals surface area contributed by atoms with Crippen molar-refractivity contribution in [2.75, 3.05) is 26.1 Å². The lowest BCUT2D eigenvalue weighted by atomic mass is 10.1. The molecular weight excluding hydrogens is 417 g/mol. The highest BCUT2D eigenvalue weighted by Crippen LogP contribution is 2.22. The van der Waals surface area contributed by atoms with Crippen LogP contribution in [0.3, 0.4) is 0 Å². The van der Waals surface area contributed by atoms with Gasteiger partial charge in [0, 0.05) is 6.54 Å². The highest BCUT2D eigenvalue weighted by atomic mass is 127. The molecule has 2 aromatic carbocycles. The molecule has 0 radical (unpaired) electrons. The van der Waals surface area contributed by atoms with E-state index in [0.717, 1.165) is 29.2 Å². The number of anilines is 1. The monoisotopic (exact) mass is 441 g/mol. The number of aliphatic imine (C=N–C) groups is 1. The number of nitrogens with zero attached hydrogens (tertiary/aromatic N) is 1. The summed E-state index contributed by atoms with van der Waals surface area (Å²) in [6.45, 7) is 2.62. The summed E-state index contributed by atoms with van der Waals surface area (Å²) in [5.41, 5.74) is 9.02. The van der Waals surface area contributed by atoms with Gasteiger partial charge in [0.05, 0.1) is 19.9 Å². The van der Waals surface area contributed by atoms with Gasteiger partial charge in [-0.25, -0.2) is 0 Å². The zero-order chi connectivity index (χ0) is 16.7. The first-order chi connectivity index (χ1) is 11.1. The molecule has 0 heterocycles. The number of benzene rings is 2. The van der Waals surface area contributed by atoms with Gasteiger partial charge in [-0.2, -0.15) is 0 Å². The van der Waals surface area contributed by atoms with Crippen molar-refractivity contribution in [2.24, 2.45) is 10.7 Å². The van der Waals surface area contributed by atoms with E-state index in [4.69, 9.17) is 15.2 Å². The molecule has 0 aromatic heterocycles. The second-order valence-corrected chi connectivity index (χ2v) is 5.15. The van der Waals surface area contributed by atoms with Gasteiger partial charge in [0.2, 0.25) is 0 Å². The lowest BCUT2D eigenvalue weighted by molar-refractivity contribution is 0.411. The number of nitrogens with one attached hydrogen (secondary N) is 1. The Morgan fingerprint density at radius 3 is 2.50 bits per heavy atom. The Labute approximate surface area is 160 Å². The highest BCUT2D eigenvalue weighted by molar-refractivity contribution is 14.0. The molecule has 0 unspecified atom stereocenters. The zero-order valence-corrected chi connectivity index (χ0v) is 16.5. The first kappa shape index (κ1) is 20.1. The first-order valence-corrected chi connectivity index (χ1v) is 7.47. The van der Waals surface area contributed by atoms with Crippen molar-refractivity contribution in [1.82, 2.24) is 0 Å². The largest absolute Gasteiger partial charge is 0.496 e. The van der Waals surface area contributed by atoms with Gasteiger partial charge in [-0.3, -0.25) is 4.99 Å². The molecule has 0 aliphatic heterocycles. The minimum atomic E-state index is 0. The maximum absolute atomic E-state index is 5.93. The van der Waals surface area contributed by atoms with Crippen LogP contribution >= 0.6 is 24.0 Å². The quantitative estimate of drug-likeness (QED) is 0.409. The molecule has 0 atom stereocenters. The number of guanidine groups is 1. The number of rotatable bonds is 6. The maximum atomic E-state index is 5.93. The highest BCUT2D eigenvalue weighted by Gasteiger charge is 2.03.